The number of hydrogen-bond donors (Lipinski definition) is 1. The summed E-state index contributed by atoms with van der Waals surface area (Å²) in [6.07, 6.45) is 4.00. The molecule has 1 saturated heterocycles. The van der Waals surface area contributed by atoms with Crippen LogP contribution in [0.3, 0.4) is 0 Å². The molecule has 0 saturated carbocycles. The lowest BCUT2D eigenvalue weighted by molar-refractivity contribution is 0.0901. The Labute approximate surface area is 143 Å². The molecule has 1 atom stereocenters. The minimum Gasteiger partial charge on any atom is -0.355 e. The zero-order valence-corrected chi connectivity index (χ0v) is 14.6. The largest absolute Gasteiger partial charge is 0.355 e. The number of carbonyl (C=O) groups is 1. The van der Waals surface area contributed by atoms with Crippen LogP contribution in [0.25, 0.3) is 0 Å². The number of likely N-dealkylation sites (N-methyl/N-ethyl adjacent to an activating group) is 1. The highest BCUT2D eigenvalue weighted by Gasteiger charge is 2.26. The number of amides is 1. The molecule has 1 aliphatic heterocycles. The third kappa shape index (κ3) is 3.66. The highest BCUT2D eigenvalue weighted by molar-refractivity contribution is 5.94. The van der Waals surface area contributed by atoms with Crippen molar-refractivity contribution in [3.8, 4) is 0 Å². The van der Waals surface area contributed by atoms with Gasteiger partial charge in [-0.3, -0.25) is 19.3 Å². The minimum atomic E-state index is -0.0393. The molecule has 1 aliphatic rings. The molecule has 0 aliphatic carbocycles. The molecule has 6 heteroatoms. The number of aryl methyl sites for hydroxylation is 1. The number of rotatable bonds is 4. The highest BCUT2D eigenvalue weighted by atomic mass is 16.1. The summed E-state index contributed by atoms with van der Waals surface area (Å²) in [5.41, 5.74) is 3.14. The molecular weight excluding hydrogens is 302 g/mol. The lowest BCUT2D eigenvalue weighted by Gasteiger charge is -2.39. The Morgan fingerprint density at radius 3 is 2.88 bits per heavy atom. The lowest BCUT2D eigenvalue weighted by atomic mass is 10.00. The Balaban J connectivity index is 1.75. The van der Waals surface area contributed by atoms with E-state index in [2.05, 4.69) is 39.5 Å². The van der Waals surface area contributed by atoms with E-state index in [9.17, 15) is 4.79 Å². The fourth-order valence-electron chi connectivity index (χ4n) is 3.28. The van der Waals surface area contributed by atoms with E-state index in [0.29, 0.717) is 11.6 Å². The van der Waals surface area contributed by atoms with E-state index in [4.69, 9.17) is 0 Å². The number of aromatic nitrogens is 2. The van der Waals surface area contributed by atoms with Crippen molar-refractivity contribution in [3.05, 3.63) is 53.3 Å². The second kappa shape index (κ2) is 7.15. The van der Waals surface area contributed by atoms with Crippen molar-refractivity contribution in [1.29, 1.82) is 0 Å². The summed E-state index contributed by atoms with van der Waals surface area (Å²) in [4.78, 5) is 16.7. The number of hydrogen-bond acceptors (Lipinski definition) is 4. The maximum absolute atomic E-state index is 11.9. The summed E-state index contributed by atoms with van der Waals surface area (Å²) >= 11 is 0. The van der Waals surface area contributed by atoms with Crippen LogP contribution in [-0.2, 0) is 13.6 Å². The van der Waals surface area contributed by atoms with E-state index in [1.807, 2.05) is 36.1 Å². The van der Waals surface area contributed by atoms with Gasteiger partial charge in [-0.15, -0.1) is 0 Å². The first-order valence-electron chi connectivity index (χ1n) is 8.29. The van der Waals surface area contributed by atoms with Gasteiger partial charge in [0.15, 0.2) is 0 Å². The molecule has 3 rings (SSSR count). The molecule has 0 bridgehead atoms. The number of nitrogens with one attached hydrogen (secondary N) is 1. The van der Waals surface area contributed by atoms with Gasteiger partial charge in [0.2, 0.25) is 0 Å². The molecule has 2 heterocycles. The second-order valence-electron chi connectivity index (χ2n) is 6.46. The van der Waals surface area contributed by atoms with Gasteiger partial charge in [0, 0.05) is 63.6 Å². The Kier molecular flexibility index (Phi) is 4.97. The van der Waals surface area contributed by atoms with Crippen molar-refractivity contribution in [2.45, 2.75) is 12.6 Å². The number of benzene rings is 1. The third-order valence-corrected chi connectivity index (χ3v) is 4.66. The van der Waals surface area contributed by atoms with Crippen molar-refractivity contribution >= 4 is 5.91 Å². The zero-order chi connectivity index (χ0) is 17.1. The quantitative estimate of drug-likeness (QED) is 0.919. The van der Waals surface area contributed by atoms with Gasteiger partial charge in [0.1, 0.15) is 0 Å². The molecule has 1 aromatic carbocycles. The first kappa shape index (κ1) is 16.7. The maximum Gasteiger partial charge on any atom is 0.251 e. The van der Waals surface area contributed by atoms with Crippen LogP contribution in [0, 0.1) is 0 Å². The molecule has 0 radical (unpaired) electrons. The molecular formula is C18H25N5O. The average molecular weight is 327 g/mol. The van der Waals surface area contributed by atoms with Crippen molar-refractivity contribution in [2.24, 2.45) is 7.05 Å². The average Bonchev–Trinajstić information content (AvgIpc) is 3.01. The SMILES string of the molecule is CNC(=O)c1cccc([C@H]2CN(Cc3cnn(C)c3)CCN2C)c1. The second-order valence-corrected chi connectivity index (χ2v) is 6.46. The molecule has 24 heavy (non-hydrogen) atoms. The van der Waals surface area contributed by atoms with Gasteiger partial charge in [-0.25, -0.2) is 0 Å². The van der Waals surface area contributed by atoms with Gasteiger partial charge in [-0.1, -0.05) is 12.1 Å². The fourth-order valence-corrected chi connectivity index (χ4v) is 3.28. The summed E-state index contributed by atoms with van der Waals surface area (Å²) in [7, 11) is 5.76. The number of piperazine rings is 1. The fraction of sp³-hybridized carbons (Fsp3) is 0.444. The van der Waals surface area contributed by atoms with Crippen LogP contribution in [0.15, 0.2) is 36.7 Å². The van der Waals surface area contributed by atoms with Gasteiger partial charge in [0.05, 0.1) is 6.20 Å². The topological polar surface area (TPSA) is 53.4 Å². The molecule has 1 fully saturated rings. The molecule has 6 nitrogen and oxygen atoms in total. The van der Waals surface area contributed by atoms with Crippen LogP contribution in [0.2, 0.25) is 0 Å². The monoisotopic (exact) mass is 327 g/mol. The highest BCUT2D eigenvalue weighted by Crippen LogP contribution is 2.25. The Morgan fingerprint density at radius 2 is 2.17 bits per heavy atom. The summed E-state index contributed by atoms with van der Waals surface area (Å²) in [5, 5.41) is 6.94. The van der Waals surface area contributed by atoms with Crippen molar-refractivity contribution in [3.63, 3.8) is 0 Å². The summed E-state index contributed by atoms with van der Waals surface area (Å²) in [6.45, 7) is 3.90. The van der Waals surface area contributed by atoms with Gasteiger partial charge < -0.3 is 5.32 Å². The van der Waals surface area contributed by atoms with Crippen LogP contribution in [0.5, 0.6) is 0 Å². The normalized spacial score (nSPS) is 19.4. The standard InChI is InChI=1S/C18H25N5O/c1-19-18(24)16-6-4-5-15(9-16)17-13-23(8-7-21(17)2)12-14-10-20-22(3)11-14/h4-6,9-11,17H,7-8,12-13H2,1-3H3,(H,19,24)/t17-/m1/s1. The molecule has 1 aromatic heterocycles. The zero-order valence-electron chi connectivity index (χ0n) is 14.6. The van der Waals surface area contributed by atoms with Crippen LogP contribution in [0.4, 0.5) is 0 Å². The Morgan fingerprint density at radius 1 is 1.33 bits per heavy atom. The van der Waals surface area contributed by atoms with Crippen LogP contribution in [0.1, 0.15) is 27.5 Å². The van der Waals surface area contributed by atoms with Crippen LogP contribution >= 0.6 is 0 Å². The molecule has 0 spiro atoms. The minimum absolute atomic E-state index is 0.0393. The Bertz CT molecular complexity index is 711. The van der Waals surface area contributed by atoms with Crippen molar-refractivity contribution in [2.75, 3.05) is 33.7 Å². The number of nitrogens with zero attached hydrogens (tertiary/aromatic N) is 4. The lowest BCUT2D eigenvalue weighted by Crippen LogP contribution is -2.46. The Hall–Kier alpha value is -2.18. The molecule has 0 unspecified atom stereocenters. The van der Waals surface area contributed by atoms with E-state index in [-0.39, 0.29) is 5.91 Å². The first-order valence-corrected chi connectivity index (χ1v) is 8.29. The predicted molar refractivity (Wildman–Crippen MR) is 93.7 cm³/mol. The van der Waals surface area contributed by atoms with E-state index in [0.717, 1.165) is 26.2 Å². The van der Waals surface area contributed by atoms with E-state index < -0.39 is 0 Å². The molecule has 2 aromatic rings. The van der Waals surface area contributed by atoms with Gasteiger partial charge in [-0.2, -0.15) is 5.10 Å². The molecule has 128 valence electrons. The van der Waals surface area contributed by atoms with Crippen molar-refractivity contribution in [1.82, 2.24) is 24.9 Å². The summed E-state index contributed by atoms with van der Waals surface area (Å²) in [6, 6.07) is 8.24. The molecule has 1 N–H and O–H groups in total. The van der Waals surface area contributed by atoms with Gasteiger partial charge >= 0.3 is 0 Å². The summed E-state index contributed by atoms with van der Waals surface area (Å²) in [5.74, 6) is -0.0393. The van der Waals surface area contributed by atoms with Gasteiger partial charge in [0.25, 0.3) is 5.91 Å². The van der Waals surface area contributed by atoms with E-state index >= 15 is 0 Å². The van der Waals surface area contributed by atoms with Gasteiger partial charge in [-0.05, 0) is 24.7 Å². The molecule has 1 amide bonds. The first-order chi connectivity index (χ1) is 11.6. The number of carbonyl (C=O) groups excluding carboxylic acids is 1. The van der Waals surface area contributed by atoms with Crippen LogP contribution in [-0.4, -0.2) is 59.2 Å². The van der Waals surface area contributed by atoms with E-state index in [1.165, 1.54) is 11.1 Å². The smallest absolute Gasteiger partial charge is 0.251 e. The van der Waals surface area contributed by atoms with Crippen molar-refractivity contribution < 1.29 is 4.79 Å². The summed E-state index contributed by atoms with van der Waals surface area (Å²) < 4.78 is 1.84. The third-order valence-electron chi connectivity index (χ3n) is 4.66. The van der Waals surface area contributed by atoms with E-state index in [1.54, 1.807) is 7.05 Å². The maximum atomic E-state index is 11.9. The van der Waals surface area contributed by atoms with Crippen LogP contribution < -0.4 is 5.32 Å². The predicted octanol–water partition coefficient (Wildman–Crippen LogP) is 1.27.